The molecule has 0 aliphatic heterocycles. The van der Waals surface area contributed by atoms with Gasteiger partial charge in [0.1, 0.15) is 27.0 Å². The van der Waals surface area contributed by atoms with E-state index in [-0.39, 0.29) is 39.7 Å². The van der Waals surface area contributed by atoms with Crippen molar-refractivity contribution < 1.29 is 46.1 Å². The minimum atomic E-state index is -4.66. The number of hydrogen-bond acceptors (Lipinski definition) is 8. The molecule has 4 N–H and O–H groups in total. The number of halogens is 6. The molecule has 230 valence electrons. The van der Waals surface area contributed by atoms with E-state index in [0.29, 0.717) is 11.3 Å². The van der Waals surface area contributed by atoms with Gasteiger partial charge in [-0.15, -0.1) is 22.7 Å². The van der Waals surface area contributed by atoms with Crippen LogP contribution in [0.25, 0.3) is 10.6 Å². The lowest BCUT2D eigenvalue weighted by atomic mass is 10.0. The van der Waals surface area contributed by atoms with E-state index in [4.69, 9.17) is 0 Å². The van der Waals surface area contributed by atoms with Crippen molar-refractivity contribution in [3.63, 3.8) is 0 Å². The lowest BCUT2D eigenvalue weighted by molar-refractivity contribution is -0.137. The predicted molar refractivity (Wildman–Crippen MR) is 144 cm³/mol. The number of carbonyl (C=O) groups is 2. The molecule has 0 radical (unpaired) electrons. The number of carbonyl (C=O) groups excluding carboxylic acids is 2. The molecule has 2 heterocycles. The molecule has 0 saturated heterocycles. The fourth-order valence-electron chi connectivity index (χ4n) is 3.99. The smallest absolute Gasteiger partial charge is 0.393 e. The fraction of sp³-hybridized carbons (Fsp3) is 0.462. The van der Waals surface area contributed by atoms with Gasteiger partial charge in [0.2, 0.25) is 5.91 Å². The van der Waals surface area contributed by atoms with Crippen LogP contribution in [0.4, 0.5) is 26.3 Å². The predicted octanol–water partition coefficient (Wildman–Crippen LogP) is 5.50. The van der Waals surface area contributed by atoms with Crippen molar-refractivity contribution in [1.29, 1.82) is 0 Å². The maximum atomic E-state index is 13.5. The second-order valence-corrected chi connectivity index (χ2v) is 11.4. The molecule has 0 saturated carbocycles. The lowest BCUT2D eigenvalue weighted by Gasteiger charge is -2.26. The van der Waals surface area contributed by atoms with Gasteiger partial charge in [-0.1, -0.05) is 18.2 Å². The van der Waals surface area contributed by atoms with E-state index in [1.807, 2.05) is 0 Å². The largest absolute Gasteiger partial charge is 0.417 e. The lowest BCUT2D eigenvalue weighted by Crippen LogP contribution is -2.51. The standard InChI is InChI=1S/C26H28F6N4O4S2/c1-14(37)8-9-18(21(39)35-17(7-4-10-25(27,28)29)20(38)24-33-11-12-41-24)36-22(40)19-13-34-23(42-19)15-5-2-3-6-16(15)26(30,31)32/h2-3,5-6,11-14,17-18,20,37-38H,4,7-10H2,1H3,(H,35,39)(H,36,40)/t14?,17-,18-,20?/m0/s1. The highest BCUT2D eigenvalue weighted by atomic mass is 32.1. The number of aliphatic hydroxyl groups is 2. The Hall–Kier alpha value is -3.08. The van der Waals surface area contributed by atoms with Crippen molar-refractivity contribution in [1.82, 2.24) is 20.6 Å². The molecular weight excluding hydrogens is 610 g/mol. The quantitative estimate of drug-likeness (QED) is 0.184. The Labute approximate surface area is 244 Å². The molecule has 0 aliphatic carbocycles. The van der Waals surface area contributed by atoms with Gasteiger partial charge in [0, 0.05) is 23.6 Å². The average Bonchev–Trinajstić information content (AvgIpc) is 3.61. The van der Waals surface area contributed by atoms with Crippen LogP contribution in [-0.2, 0) is 11.0 Å². The second-order valence-electron chi connectivity index (χ2n) is 9.46. The third-order valence-electron chi connectivity index (χ3n) is 6.08. The molecule has 4 atom stereocenters. The second kappa shape index (κ2) is 14.4. The first-order chi connectivity index (χ1) is 19.7. The molecule has 2 amide bonds. The van der Waals surface area contributed by atoms with Crippen molar-refractivity contribution >= 4 is 34.5 Å². The van der Waals surface area contributed by atoms with Gasteiger partial charge in [0.15, 0.2) is 0 Å². The maximum Gasteiger partial charge on any atom is 0.417 e. The molecule has 16 heteroatoms. The number of alkyl halides is 6. The van der Waals surface area contributed by atoms with Crippen LogP contribution in [-0.4, -0.2) is 56.4 Å². The summed E-state index contributed by atoms with van der Waals surface area (Å²) in [5.74, 6) is -1.66. The Morgan fingerprint density at radius 3 is 2.33 bits per heavy atom. The summed E-state index contributed by atoms with van der Waals surface area (Å²) in [6, 6.07) is 2.25. The van der Waals surface area contributed by atoms with E-state index in [1.54, 1.807) is 5.38 Å². The molecule has 0 fully saturated rings. The summed E-state index contributed by atoms with van der Waals surface area (Å²) in [6.07, 6.45) is -10.8. The van der Waals surface area contributed by atoms with Crippen LogP contribution in [0, 0.1) is 0 Å². The van der Waals surface area contributed by atoms with Crippen LogP contribution < -0.4 is 10.6 Å². The highest BCUT2D eigenvalue weighted by molar-refractivity contribution is 7.16. The third kappa shape index (κ3) is 9.74. The van der Waals surface area contributed by atoms with Crippen LogP contribution >= 0.6 is 22.7 Å². The molecule has 0 spiro atoms. The van der Waals surface area contributed by atoms with Gasteiger partial charge >= 0.3 is 12.4 Å². The number of nitrogens with zero attached hydrogens (tertiary/aromatic N) is 2. The Bertz CT molecular complexity index is 1310. The molecule has 3 rings (SSSR count). The van der Waals surface area contributed by atoms with Crippen LogP contribution in [0.1, 0.15) is 65.4 Å². The number of rotatable bonds is 13. The van der Waals surface area contributed by atoms with Gasteiger partial charge in [-0.2, -0.15) is 26.3 Å². The van der Waals surface area contributed by atoms with Gasteiger partial charge < -0.3 is 20.8 Å². The number of aromatic nitrogens is 2. The summed E-state index contributed by atoms with van der Waals surface area (Å²) < 4.78 is 78.6. The monoisotopic (exact) mass is 638 g/mol. The van der Waals surface area contributed by atoms with Gasteiger partial charge in [0.25, 0.3) is 5.91 Å². The van der Waals surface area contributed by atoms with E-state index < -0.39 is 66.9 Å². The normalized spacial score (nSPS) is 15.1. The zero-order valence-corrected chi connectivity index (χ0v) is 23.7. The third-order valence-corrected chi connectivity index (χ3v) is 7.95. The van der Waals surface area contributed by atoms with Crippen molar-refractivity contribution in [2.24, 2.45) is 0 Å². The highest BCUT2D eigenvalue weighted by Gasteiger charge is 2.35. The molecule has 0 bridgehead atoms. The zero-order valence-electron chi connectivity index (χ0n) is 22.1. The zero-order chi connectivity index (χ0) is 31.1. The highest BCUT2D eigenvalue weighted by Crippen LogP contribution is 2.38. The van der Waals surface area contributed by atoms with Crippen molar-refractivity contribution in [2.45, 2.75) is 75.7 Å². The van der Waals surface area contributed by atoms with E-state index in [1.165, 1.54) is 31.3 Å². The number of hydrogen-bond donors (Lipinski definition) is 4. The summed E-state index contributed by atoms with van der Waals surface area (Å²) in [6.45, 7) is 1.45. The van der Waals surface area contributed by atoms with Gasteiger partial charge in [-0.25, -0.2) is 9.97 Å². The molecule has 42 heavy (non-hydrogen) atoms. The first-order valence-electron chi connectivity index (χ1n) is 12.7. The average molecular weight is 639 g/mol. The summed E-state index contributed by atoms with van der Waals surface area (Å²) >= 11 is 1.72. The van der Waals surface area contributed by atoms with E-state index in [2.05, 4.69) is 20.6 Å². The number of benzene rings is 1. The number of amides is 2. The minimum Gasteiger partial charge on any atom is -0.393 e. The van der Waals surface area contributed by atoms with E-state index in [9.17, 15) is 46.1 Å². The first-order valence-corrected chi connectivity index (χ1v) is 14.4. The SMILES string of the molecule is CC(O)CC[C@H](NC(=O)c1cnc(-c2ccccc2C(F)(F)F)s1)C(=O)N[C@@H](CCCC(F)(F)F)C(O)c1nccs1. The Kier molecular flexibility index (Phi) is 11.5. The fourth-order valence-corrected chi connectivity index (χ4v) is 5.54. The maximum absolute atomic E-state index is 13.5. The van der Waals surface area contributed by atoms with Crippen LogP contribution in [0.5, 0.6) is 0 Å². The summed E-state index contributed by atoms with van der Waals surface area (Å²) in [7, 11) is 0. The Morgan fingerprint density at radius 1 is 1.00 bits per heavy atom. The van der Waals surface area contributed by atoms with Gasteiger partial charge in [0.05, 0.1) is 23.9 Å². The van der Waals surface area contributed by atoms with E-state index >= 15 is 0 Å². The Morgan fingerprint density at radius 2 is 1.71 bits per heavy atom. The summed E-state index contributed by atoms with van der Waals surface area (Å²) in [5.41, 5.74) is -1.16. The number of nitrogens with one attached hydrogen (secondary N) is 2. The summed E-state index contributed by atoms with van der Waals surface area (Å²) in [4.78, 5) is 34.1. The van der Waals surface area contributed by atoms with Crippen molar-refractivity contribution in [3.8, 4) is 10.6 Å². The first kappa shape index (κ1) is 33.4. The van der Waals surface area contributed by atoms with Gasteiger partial charge in [-0.05, 0) is 38.7 Å². The van der Waals surface area contributed by atoms with E-state index in [0.717, 1.165) is 23.6 Å². The molecule has 2 aromatic heterocycles. The van der Waals surface area contributed by atoms with Crippen molar-refractivity contribution in [2.75, 3.05) is 0 Å². The van der Waals surface area contributed by atoms with Crippen LogP contribution in [0.2, 0.25) is 0 Å². The Balaban J connectivity index is 1.79. The topological polar surface area (TPSA) is 124 Å². The van der Waals surface area contributed by atoms with Gasteiger partial charge in [-0.3, -0.25) is 9.59 Å². The molecule has 0 aliphatic rings. The van der Waals surface area contributed by atoms with Crippen molar-refractivity contribution in [3.05, 3.63) is 57.5 Å². The minimum absolute atomic E-state index is 0.0546. The molecular formula is C26H28F6N4O4S2. The van der Waals surface area contributed by atoms with Crippen LogP contribution in [0.3, 0.4) is 0 Å². The molecule has 3 aromatic rings. The molecule has 2 unspecified atom stereocenters. The molecule has 1 aromatic carbocycles. The number of thiazole rings is 2. The summed E-state index contributed by atoms with van der Waals surface area (Å²) in [5, 5.41) is 27.1. The van der Waals surface area contributed by atoms with Crippen LogP contribution in [0.15, 0.2) is 42.0 Å². The molecule has 8 nitrogen and oxygen atoms in total. The number of aliphatic hydroxyl groups excluding tert-OH is 2.